The first kappa shape index (κ1) is 10.5. The van der Waals surface area contributed by atoms with E-state index >= 15 is 0 Å². The van der Waals surface area contributed by atoms with E-state index in [-0.39, 0.29) is 17.6 Å². The Hall–Kier alpha value is -1.58. The predicted molar refractivity (Wildman–Crippen MR) is 53.2 cm³/mol. The molecule has 0 saturated heterocycles. The number of anilines is 1. The molecule has 0 aromatic heterocycles. The van der Waals surface area contributed by atoms with E-state index in [1.54, 1.807) is 19.1 Å². The van der Waals surface area contributed by atoms with Crippen LogP contribution in [0.4, 0.5) is 10.1 Å². The van der Waals surface area contributed by atoms with Gasteiger partial charge in [0.15, 0.2) is 0 Å². The zero-order valence-corrected chi connectivity index (χ0v) is 7.96. The Morgan fingerprint density at radius 2 is 2.07 bits per heavy atom. The number of carbonyl (C=O) groups is 1. The lowest BCUT2D eigenvalue weighted by Crippen LogP contribution is -2.26. The van der Waals surface area contributed by atoms with Gasteiger partial charge >= 0.3 is 0 Å². The van der Waals surface area contributed by atoms with Gasteiger partial charge < -0.3 is 11.1 Å². The second-order valence-electron chi connectivity index (χ2n) is 3.19. The number of nitrogens with one attached hydrogen (secondary N) is 1. The van der Waals surface area contributed by atoms with Crippen molar-refractivity contribution in [3.63, 3.8) is 0 Å². The van der Waals surface area contributed by atoms with Crippen molar-refractivity contribution in [3.05, 3.63) is 30.1 Å². The van der Waals surface area contributed by atoms with Crippen molar-refractivity contribution < 1.29 is 9.18 Å². The Morgan fingerprint density at radius 3 is 2.57 bits per heavy atom. The highest BCUT2D eigenvalue weighted by Gasteiger charge is 2.07. The predicted octanol–water partition coefficient (Wildman–Crippen LogP) is 1.36. The third-order valence-electron chi connectivity index (χ3n) is 1.94. The fourth-order valence-electron chi connectivity index (χ4n) is 0.939. The molecule has 1 unspecified atom stereocenters. The molecule has 0 spiro atoms. The van der Waals surface area contributed by atoms with Crippen molar-refractivity contribution in [1.29, 1.82) is 0 Å². The highest BCUT2D eigenvalue weighted by Crippen LogP contribution is 2.08. The lowest BCUT2D eigenvalue weighted by Gasteiger charge is -2.09. The molecule has 3 nitrogen and oxygen atoms in total. The number of hydrogen-bond acceptors (Lipinski definition) is 2. The molecule has 1 amide bonds. The van der Waals surface area contributed by atoms with Gasteiger partial charge in [-0.25, -0.2) is 4.39 Å². The summed E-state index contributed by atoms with van der Waals surface area (Å²) in [5.74, 6) is -0.863. The van der Waals surface area contributed by atoms with E-state index in [1.165, 1.54) is 12.1 Å². The second-order valence-corrected chi connectivity index (χ2v) is 3.19. The summed E-state index contributed by atoms with van der Waals surface area (Å²) in [6.07, 6.45) is 0. The van der Waals surface area contributed by atoms with Gasteiger partial charge in [-0.2, -0.15) is 0 Å². The van der Waals surface area contributed by atoms with Crippen molar-refractivity contribution in [3.8, 4) is 0 Å². The number of hydrogen-bond donors (Lipinski definition) is 2. The molecule has 0 fully saturated rings. The molecule has 3 N–H and O–H groups in total. The summed E-state index contributed by atoms with van der Waals surface area (Å²) in [5, 5.41) is 2.99. The van der Waals surface area contributed by atoms with Gasteiger partial charge in [0, 0.05) is 12.2 Å². The Kier molecular flexibility index (Phi) is 3.45. The molecule has 1 aromatic rings. The largest absolute Gasteiger partial charge is 0.384 e. The van der Waals surface area contributed by atoms with Crippen LogP contribution >= 0.6 is 0 Å². The number of nitrogens with two attached hydrogens (primary N) is 1. The Labute approximate surface area is 82.1 Å². The van der Waals surface area contributed by atoms with Crippen LogP contribution in [0.15, 0.2) is 24.3 Å². The summed E-state index contributed by atoms with van der Waals surface area (Å²) in [7, 11) is 0. The maximum absolute atomic E-state index is 12.5. The van der Waals surface area contributed by atoms with Gasteiger partial charge in [-0.15, -0.1) is 0 Å². The van der Waals surface area contributed by atoms with Crippen LogP contribution in [0.5, 0.6) is 0 Å². The molecule has 14 heavy (non-hydrogen) atoms. The van der Waals surface area contributed by atoms with Gasteiger partial charge in [0.1, 0.15) is 5.82 Å². The summed E-state index contributed by atoms with van der Waals surface area (Å²) in [6, 6.07) is 5.95. The van der Waals surface area contributed by atoms with Crippen molar-refractivity contribution in [2.75, 3.05) is 11.9 Å². The minimum Gasteiger partial charge on any atom is -0.384 e. The maximum Gasteiger partial charge on any atom is 0.222 e. The van der Waals surface area contributed by atoms with Gasteiger partial charge in [0.05, 0.1) is 5.92 Å². The summed E-state index contributed by atoms with van der Waals surface area (Å²) in [5.41, 5.74) is 5.86. The minimum absolute atomic E-state index is 0.236. The van der Waals surface area contributed by atoms with Crippen LogP contribution in [-0.2, 0) is 4.79 Å². The number of benzene rings is 1. The van der Waals surface area contributed by atoms with Gasteiger partial charge in [-0.05, 0) is 24.3 Å². The van der Waals surface area contributed by atoms with Crippen molar-refractivity contribution >= 4 is 11.6 Å². The van der Waals surface area contributed by atoms with E-state index in [0.29, 0.717) is 6.54 Å². The molecule has 0 bridgehead atoms. The summed E-state index contributed by atoms with van der Waals surface area (Å²) in [4.78, 5) is 10.7. The van der Waals surface area contributed by atoms with E-state index in [1.807, 2.05) is 0 Å². The van der Waals surface area contributed by atoms with Gasteiger partial charge in [0.25, 0.3) is 0 Å². The fourth-order valence-corrected chi connectivity index (χ4v) is 0.939. The SMILES string of the molecule is CC(CNc1ccc(F)cc1)C(N)=O. The molecule has 0 aliphatic heterocycles. The molecule has 0 radical (unpaired) electrons. The average Bonchev–Trinajstić information content (AvgIpc) is 2.16. The van der Waals surface area contributed by atoms with Crippen LogP contribution < -0.4 is 11.1 Å². The molecule has 0 aliphatic carbocycles. The minimum atomic E-state index is -0.348. The van der Waals surface area contributed by atoms with Crippen LogP contribution in [-0.4, -0.2) is 12.5 Å². The molecule has 4 heteroatoms. The first-order valence-corrected chi connectivity index (χ1v) is 4.38. The fraction of sp³-hybridized carbons (Fsp3) is 0.300. The third-order valence-corrected chi connectivity index (χ3v) is 1.94. The number of primary amides is 1. The van der Waals surface area contributed by atoms with E-state index in [0.717, 1.165) is 5.69 Å². The Morgan fingerprint density at radius 1 is 1.50 bits per heavy atom. The highest BCUT2D eigenvalue weighted by atomic mass is 19.1. The lowest BCUT2D eigenvalue weighted by atomic mass is 10.1. The van der Waals surface area contributed by atoms with Crippen LogP contribution in [0, 0.1) is 11.7 Å². The van der Waals surface area contributed by atoms with Crippen molar-refractivity contribution in [2.24, 2.45) is 11.7 Å². The number of carbonyl (C=O) groups excluding carboxylic acids is 1. The molecule has 0 saturated carbocycles. The molecule has 0 heterocycles. The number of rotatable bonds is 4. The second kappa shape index (κ2) is 4.60. The zero-order chi connectivity index (χ0) is 10.6. The summed E-state index contributed by atoms with van der Waals surface area (Å²) in [6.45, 7) is 2.19. The van der Waals surface area contributed by atoms with E-state index in [9.17, 15) is 9.18 Å². The van der Waals surface area contributed by atoms with Gasteiger partial charge in [0.2, 0.25) is 5.91 Å². The topological polar surface area (TPSA) is 55.1 Å². The number of amides is 1. The summed E-state index contributed by atoms with van der Waals surface area (Å²) >= 11 is 0. The Balaban J connectivity index is 2.46. The quantitative estimate of drug-likeness (QED) is 0.763. The van der Waals surface area contributed by atoms with Crippen molar-refractivity contribution in [2.45, 2.75) is 6.92 Å². The van der Waals surface area contributed by atoms with Gasteiger partial charge in [-0.1, -0.05) is 6.92 Å². The monoisotopic (exact) mass is 196 g/mol. The van der Waals surface area contributed by atoms with E-state index in [2.05, 4.69) is 5.32 Å². The first-order chi connectivity index (χ1) is 6.59. The van der Waals surface area contributed by atoms with Crippen LogP contribution in [0.1, 0.15) is 6.92 Å². The molecular weight excluding hydrogens is 183 g/mol. The molecule has 0 aliphatic rings. The molecule has 1 aromatic carbocycles. The standard InChI is InChI=1S/C10H13FN2O/c1-7(10(12)14)6-13-9-4-2-8(11)3-5-9/h2-5,7,13H,6H2,1H3,(H2,12,14). The van der Waals surface area contributed by atoms with E-state index < -0.39 is 0 Å². The molecular formula is C10H13FN2O. The lowest BCUT2D eigenvalue weighted by molar-refractivity contribution is -0.120. The smallest absolute Gasteiger partial charge is 0.222 e. The Bertz CT molecular complexity index is 310. The highest BCUT2D eigenvalue weighted by molar-refractivity contribution is 5.76. The van der Waals surface area contributed by atoms with Crippen LogP contribution in [0.2, 0.25) is 0 Å². The summed E-state index contributed by atoms with van der Waals surface area (Å²) < 4.78 is 12.5. The molecule has 1 atom stereocenters. The van der Waals surface area contributed by atoms with Crippen LogP contribution in [0.25, 0.3) is 0 Å². The number of halogens is 1. The maximum atomic E-state index is 12.5. The van der Waals surface area contributed by atoms with Gasteiger partial charge in [-0.3, -0.25) is 4.79 Å². The van der Waals surface area contributed by atoms with Crippen molar-refractivity contribution in [1.82, 2.24) is 0 Å². The van der Waals surface area contributed by atoms with Crippen LogP contribution in [0.3, 0.4) is 0 Å². The first-order valence-electron chi connectivity index (χ1n) is 4.38. The zero-order valence-electron chi connectivity index (χ0n) is 7.96. The molecule has 1 rings (SSSR count). The average molecular weight is 196 g/mol. The molecule has 76 valence electrons. The van der Waals surface area contributed by atoms with E-state index in [4.69, 9.17) is 5.73 Å². The third kappa shape index (κ3) is 3.05. The normalized spacial score (nSPS) is 12.1.